The van der Waals surface area contributed by atoms with Crippen molar-refractivity contribution in [2.24, 2.45) is 0 Å². The van der Waals surface area contributed by atoms with Crippen LogP contribution in [0.4, 0.5) is 5.69 Å². The average molecular weight is 283 g/mol. The molecule has 0 saturated carbocycles. The van der Waals surface area contributed by atoms with Gasteiger partial charge in [-0.1, -0.05) is 37.3 Å². The summed E-state index contributed by atoms with van der Waals surface area (Å²) in [6.45, 7) is 10.1. The van der Waals surface area contributed by atoms with Crippen molar-refractivity contribution in [3.05, 3.63) is 59.4 Å². The Morgan fingerprint density at radius 2 is 1.90 bits per heavy atom. The first-order chi connectivity index (χ1) is 10.2. The number of anilines is 1. The minimum absolute atomic E-state index is 0.865. The summed E-state index contributed by atoms with van der Waals surface area (Å²) in [5.41, 5.74) is 4.95. The largest absolute Gasteiger partial charge is 0.367 e. The summed E-state index contributed by atoms with van der Waals surface area (Å²) in [7, 11) is 0. The molecule has 0 bridgehead atoms. The third-order valence-corrected chi connectivity index (χ3v) is 3.60. The summed E-state index contributed by atoms with van der Waals surface area (Å²) in [5.74, 6) is 0. The van der Waals surface area contributed by atoms with E-state index in [0.29, 0.717) is 0 Å². The van der Waals surface area contributed by atoms with Gasteiger partial charge in [0.15, 0.2) is 0 Å². The lowest BCUT2D eigenvalue weighted by molar-refractivity contribution is 0.715. The van der Waals surface area contributed by atoms with E-state index in [1.165, 1.54) is 16.8 Å². The molecule has 0 aliphatic heterocycles. The van der Waals surface area contributed by atoms with E-state index in [2.05, 4.69) is 72.4 Å². The molecule has 0 saturated heterocycles. The number of hydrogen-bond acceptors (Lipinski definition) is 3. The summed E-state index contributed by atoms with van der Waals surface area (Å²) in [5, 5.41) is 3.40. The van der Waals surface area contributed by atoms with Gasteiger partial charge in [0.2, 0.25) is 0 Å². The zero-order valence-electron chi connectivity index (χ0n) is 13.3. The molecule has 1 heterocycles. The van der Waals surface area contributed by atoms with Crippen LogP contribution in [0.3, 0.4) is 0 Å². The molecule has 1 aromatic heterocycles. The fourth-order valence-corrected chi connectivity index (χ4v) is 2.44. The van der Waals surface area contributed by atoms with Gasteiger partial charge in [-0.15, -0.1) is 0 Å². The number of aromatic nitrogens is 1. The van der Waals surface area contributed by atoms with Gasteiger partial charge in [0.25, 0.3) is 0 Å². The van der Waals surface area contributed by atoms with Gasteiger partial charge in [0.05, 0.1) is 0 Å². The number of pyridine rings is 1. The Morgan fingerprint density at radius 1 is 1.14 bits per heavy atom. The molecule has 1 aromatic carbocycles. The maximum absolute atomic E-state index is 4.45. The summed E-state index contributed by atoms with van der Waals surface area (Å²) in [6, 6.07) is 12.8. The van der Waals surface area contributed by atoms with Gasteiger partial charge < -0.3 is 10.2 Å². The van der Waals surface area contributed by atoms with E-state index < -0.39 is 0 Å². The van der Waals surface area contributed by atoms with E-state index in [9.17, 15) is 0 Å². The maximum Gasteiger partial charge on any atom is 0.0448 e. The highest BCUT2D eigenvalue weighted by Crippen LogP contribution is 2.23. The van der Waals surface area contributed by atoms with Gasteiger partial charge in [-0.3, -0.25) is 4.98 Å². The lowest BCUT2D eigenvalue weighted by atomic mass is 10.1. The molecule has 0 spiro atoms. The maximum atomic E-state index is 4.45. The molecule has 21 heavy (non-hydrogen) atoms. The van der Waals surface area contributed by atoms with Crippen molar-refractivity contribution in [1.82, 2.24) is 10.3 Å². The number of rotatable bonds is 7. The van der Waals surface area contributed by atoms with Crippen molar-refractivity contribution < 1.29 is 0 Å². The van der Waals surface area contributed by atoms with Gasteiger partial charge in [-0.05, 0) is 32.0 Å². The molecular formula is C18H25N3. The molecule has 0 aliphatic carbocycles. The van der Waals surface area contributed by atoms with E-state index in [1.54, 1.807) is 0 Å². The highest BCUT2D eigenvalue weighted by Gasteiger charge is 2.11. The third-order valence-electron chi connectivity index (χ3n) is 3.60. The van der Waals surface area contributed by atoms with Crippen LogP contribution in [0.5, 0.6) is 0 Å². The zero-order chi connectivity index (χ0) is 15.1. The van der Waals surface area contributed by atoms with Gasteiger partial charge >= 0.3 is 0 Å². The van der Waals surface area contributed by atoms with Gasteiger partial charge in [0, 0.05) is 42.8 Å². The van der Waals surface area contributed by atoms with Crippen LogP contribution in [0.15, 0.2) is 42.6 Å². The molecule has 2 rings (SSSR count). The van der Waals surface area contributed by atoms with Crippen molar-refractivity contribution in [3.63, 3.8) is 0 Å². The van der Waals surface area contributed by atoms with Crippen molar-refractivity contribution in [1.29, 1.82) is 0 Å². The van der Waals surface area contributed by atoms with E-state index in [-0.39, 0.29) is 0 Å². The molecule has 0 radical (unpaired) electrons. The Bertz CT molecular complexity index is 552. The standard InChI is InChI=1S/C18H25N3/c1-4-19-12-17-13-20-15(3)11-18(17)21(5-2)14-16-9-7-6-8-10-16/h6-11,13,19H,4-5,12,14H2,1-3H3. The Morgan fingerprint density at radius 3 is 2.57 bits per heavy atom. The quantitative estimate of drug-likeness (QED) is 0.842. The first kappa shape index (κ1) is 15.5. The summed E-state index contributed by atoms with van der Waals surface area (Å²) in [4.78, 5) is 6.86. The first-order valence-corrected chi connectivity index (χ1v) is 7.69. The Labute approximate surface area is 128 Å². The molecule has 0 aliphatic rings. The van der Waals surface area contributed by atoms with Gasteiger partial charge in [-0.25, -0.2) is 0 Å². The number of nitrogens with one attached hydrogen (secondary N) is 1. The summed E-state index contributed by atoms with van der Waals surface area (Å²) >= 11 is 0. The van der Waals surface area contributed by atoms with Crippen molar-refractivity contribution >= 4 is 5.69 Å². The van der Waals surface area contributed by atoms with Crippen LogP contribution >= 0.6 is 0 Å². The molecule has 1 N–H and O–H groups in total. The van der Waals surface area contributed by atoms with Crippen molar-refractivity contribution in [2.75, 3.05) is 18.0 Å². The topological polar surface area (TPSA) is 28.2 Å². The number of aryl methyl sites for hydroxylation is 1. The van der Waals surface area contributed by atoms with Gasteiger partial charge in [0.1, 0.15) is 0 Å². The monoisotopic (exact) mass is 283 g/mol. The minimum Gasteiger partial charge on any atom is -0.367 e. The van der Waals surface area contributed by atoms with E-state index >= 15 is 0 Å². The molecule has 0 atom stereocenters. The van der Waals surface area contributed by atoms with Crippen molar-refractivity contribution in [3.8, 4) is 0 Å². The Balaban J connectivity index is 2.25. The van der Waals surface area contributed by atoms with Crippen LogP contribution in [0.1, 0.15) is 30.7 Å². The zero-order valence-corrected chi connectivity index (χ0v) is 13.3. The number of benzene rings is 1. The lowest BCUT2D eigenvalue weighted by Gasteiger charge is -2.26. The molecule has 0 amide bonds. The Kier molecular flexibility index (Phi) is 5.76. The fourth-order valence-electron chi connectivity index (χ4n) is 2.44. The fraction of sp³-hybridized carbons (Fsp3) is 0.389. The average Bonchev–Trinajstić information content (AvgIpc) is 2.52. The van der Waals surface area contributed by atoms with E-state index in [1.807, 2.05) is 6.20 Å². The van der Waals surface area contributed by atoms with Crippen LogP contribution in [0.25, 0.3) is 0 Å². The summed E-state index contributed by atoms with van der Waals surface area (Å²) in [6.07, 6.45) is 2.00. The van der Waals surface area contributed by atoms with Crippen LogP contribution in [0, 0.1) is 6.92 Å². The molecule has 2 aromatic rings. The lowest BCUT2D eigenvalue weighted by Crippen LogP contribution is -2.25. The highest BCUT2D eigenvalue weighted by atomic mass is 15.1. The predicted molar refractivity (Wildman–Crippen MR) is 89.5 cm³/mol. The highest BCUT2D eigenvalue weighted by molar-refractivity contribution is 5.54. The smallest absolute Gasteiger partial charge is 0.0448 e. The minimum atomic E-state index is 0.865. The number of hydrogen-bond donors (Lipinski definition) is 1. The second-order valence-corrected chi connectivity index (χ2v) is 5.23. The van der Waals surface area contributed by atoms with Crippen LogP contribution in [0.2, 0.25) is 0 Å². The van der Waals surface area contributed by atoms with Crippen LogP contribution < -0.4 is 10.2 Å². The number of nitrogens with zero attached hydrogens (tertiary/aromatic N) is 2. The SMILES string of the molecule is CCNCc1cnc(C)cc1N(CC)Cc1ccccc1. The van der Waals surface area contributed by atoms with Crippen molar-refractivity contribution in [2.45, 2.75) is 33.9 Å². The molecule has 112 valence electrons. The van der Waals surface area contributed by atoms with Crippen LogP contribution in [-0.2, 0) is 13.1 Å². The van der Waals surface area contributed by atoms with Crippen LogP contribution in [-0.4, -0.2) is 18.1 Å². The first-order valence-electron chi connectivity index (χ1n) is 7.69. The second kappa shape index (κ2) is 7.79. The molecule has 0 fully saturated rings. The van der Waals surface area contributed by atoms with Gasteiger partial charge in [-0.2, -0.15) is 0 Å². The predicted octanol–water partition coefficient (Wildman–Crippen LogP) is 3.53. The molecule has 3 heteroatoms. The third kappa shape index (κ3) is 4.30. The molecule has 3 nitrogen and oxygen atoms in total. The normalized spacial score (nSPS) is 10.6. The Hall–Kier alpha value is -1.87. The summed E-state index contributed by atoms with van der Waals surface area (Å²) < 4.78 is 0. The molecular weight excluding hydrogens is 258 g/mol. The second-order valence-electron chi connectivity index (χ2n) is 5.23. The molecule has 0 unspecified atom stereocenters. The van der Waals surface area contributed by atoms with E-state index in [0.717, 1.165) is 31.9 Å². The van der Waals surface area contributed by atoms with E-state index in [4.69, 9.17) is 0 Å².